The molecule has 0 spiro atoms. The van der Waals surface area contributed by atoms with E-state index in [-0.39, 0.29) is 10.8 Å². The van der Waals surface area contributed by atoms with Crippen LogP contribution in [-0.2, 0) is 0 Å². The number of amides is 1. The molecule has 0 fully saturated rings. The first-order valence-electron chi connectivity index (χ1n) is 5.43. The smallest absolute Gasteiger partial charge is 0.255 e. The summed E-state index contributed by atoms with van der Waals surface area (Å²) in [4.78, 5) is 19.3. The molecule has 1 aromatic carbocycles. The van der Waals surface area contributed by atoms with E-state index in [4.69, 9.17) is 16.9 Å². The van der Waals surface area contributed by atoms with Crippen LogP contribution in [-0.4, -0.2) is 15.9 Å². The Bertz CT molecular complexity index is 607. The molecule has 2 rings (SSSR count). The zero-order chi connectivity index (χ0) is 13.7. The van der Waals surface area contributed by atoms with Crippen LogP contribution in [0.3, 0.4) is 0 Å². The highest BCUT2D eigenvalue weighted by molar-refractivity contribution is 6.28. The van der Waals surface area contributed by atoms with Gasteiger partial charge in [0.2, 0.25) is 5.28 Å². The lowest BCUT2D eigenvalue weighted by Gasteiger charge is -2.11. The van der Waals surface area contributed by atoms with Crippen molar-refractivity contribution in [2.45, 2.75) is 6.04 Å². The molecule has 0 aliphatic rings. The monoisotopic (exact) mass is 272 g/mol. The number of halogens is 1. The first-order valence-corrected chi connectivity index (χ1v) is 5.81. The molecular weight excluding hydrogens is 264 g/mol. The Morgan fingerprint density at radius 3 is 2.47 bits per heavy atom. The van der Waals surface area contributed by atoms with Gasteiger partial charge in [-0.3, -0.25) is 4.79 Å². The fourth-order valence-corrected chi connectivity index (χ4v) is 1.58. The normalized spacial score (nSPS) is 11.4. The van der Waals surface area contributed by atoms with E-state index >= 15 is 0 Å². The molecule has 5 nitrogen and oxygen atoms in total. The fraction of sp³-hybridized carbons (Fsp3) is 0.0769. The molecule has 0 saturated heterocycles. The lowest BCUT2D eigenvalue weighted by molar-refractivity contribution is 0.0944. The molecule has 1 unspecified atom stereocenters. The van der Waals surface area contributed by atoms with Gasteiger partial charge in [0, 0.05) is 12.4 Å². The maximum atomic E-state index is 11.9. The van der Waals surface area contributed by atoms with Crippen LogP contribution in [0.2, 0.25) is 5.28 Å². The maximum absolute atomic E-state index is 11.9. The SMILES string of the molecule is N#CC(NC(=O)c1cnc(Cl)nc1)c1ccccc1. The quantitative estimate of drug-likeness (QED) is 0.868. The molecule has 1 aromatic heterocycles. The molecule has 1 atom stereocenters. The van der Waals surface area contributed by atoms with E-state index in [9.17, 15) is 4.79 Å². The molecule has 6 heteroatoms. The number of nitrogens with one attached hydrogen (secondary N) is 1. The lowest BCUT2D eigenvalue weighted by Crippen LogP contribution is -2.27. The Morgan fingerprint density at radius 2 is 1.89 bits per heavy atom. The van der Waals surface area contributed by atoms with Gasteiger partial charge in [0.1, 0.15) is 6.04 Å². The summed E-state index contributed by atoms with van der Waals surface area (Å²) in [5.41, 5.74) is 0.966. The minimum Gasteiger partial charge on any atom is -0.332 e. The maximum Gasteiger partial charge on any atom is 0.255 e. The Hall–Kier alpha value is -2.45. The highest BCUT2D eigenvalue weighted by Gasteiger charge is 2.15. The van der Waals surface area contributed by atoms with Gasteiger partial charge in [0.15, 0.2) is 0 Å². The molecule has 0 saturated carbocycles. The van der Waals surface area contributed by atoms with Gasteiger partial charge in [-0.15, -0.1) is 0 Å². The third-order valence-corrected chi connectivity index (χ3v) is 2.62. The van der Waals surface area contributed by atoms with E-state index in [0.29, 0.717) is 5.56 Å². The standard InChI is InChI=1S/C13H9ClN4O/c14-13-16-7-10(8-17-13)12(19)18-11(6-15)9-4-2-1-3-5-9/h1-5,7-8,11H,(H,18,19). The Balaban J connectivity index is 2.13. The van der Waals surface area contributed by atoms with Crippen molar-refractivity contribution in [3.8, 4) is 6.07 Å². The molecule has 0 bridgehead atoms. The molecule has 2 aromatic rings. The average Bonchev–Trinajstić information content (AvgIpc) is 2.46. The van der Waals surface area contributed by atoms with Gasteiger partial charge in [-0.1, -0.05) is 30.3 Å². The zero-order valence-electron chi connectivity index (χ0n) is 9.75. The van der Waals surface area contributed by atoms with Crippen LogP contribution in [0.1, 0.15) is 22.0 Å². The minimum atomic E-state index is -0.718. The number of nitrogens with zero attached hydrogens (tertiary/aromatic N) is 3. The highest BCUT2D eigenvalue weighted by atomic mass is 35.5. The van der Waals surface area contributed by atoms with Crippen LogP contribution in [0.5, 0.6) is 0 Å². The first kappa shape index (κ1) is 13.0. The number of nitriles is 1. The summed E-state index contributed by atoms with van der Waals surface area (Å²) in [5.74, 6) is -0.424. The van der Waals surface area contributed by atoms with E-state index in [2.05, 4.69) is 15.3 Å². The average molecular weight is 273 g/mol. The van der Waals surface area contributed by atoms with E-state index in [0.717, 1.165) is 0 Å². The number of carbonyl (C=O) groups is 1. The summed E-state index contributed by atoms with van der Waals surface area (Å²) in [5, 5.41) is 11.8. The third kappa shape index (κ3) is 3.27. The molecule has 1 amide bonds. The van der Waals surface area contributed by atoms with Crippen LogP contribution in [0.25, 0.3) is 0 Å². The predicted molar refractivity (Wildman–Crippen MR) is 69.3 cm³/mol. The second kappa shape index (κ2) is 5.94. The second-order valence-electron chi connectivity index (χ2n) is 3.69. The molecule has 0 radical (unpaired) electrons. The summed E-state index contributed by atoms with van der Waals surface area (Å²) in [7, 11) is 0. The van der Waals surface area contributed by atoms with Gasteiger partial charge in [-0.25, -0.2) is 9.97 Å². The zero-order valence-corrected chi connectivity index (χ0v) is 10.5. The van der Waals surface area contributed by atoms with Gasteiger partial charge < -0.3 is 5.32 Å². The van der Waals surface area contributed by atoms with Crippen molar-refractivity contribution in [1.82, 2.24) is 15.3 Å². The van der Waals surface area contributed by atoms with E-state index in [1.165, 1.54) is 12.4 Å². The van der Waals surface area contributed by atoms with Crippen molar-refractivity contribution >= 4 is 17.5 Å². The summed E-state index contributed by atoms with van der Waals surface area (Å²) in [6.45, 7) is 0. The van der Waals surface area contributed by atoms with Gasteiger partial charge >= 0.3 is 0 Å². The summed E-state index contributed by atoms with van der Waals surface area (Å²) >= 11 is 5.54. The topological polar surface area (TPSA) is 78.7 Å². The summed E-state index contributed by atoms with van der Waals surface area (Å²) in [6.07, 6.45) is 2.62. The van der Waals surface area contributed by atoms with Gasteiger partial charge in [0.05, 0.1) is 11.6 Å². The van der Waals surface area contributed by atoms with Crippen LogP contribution < -0.4 is 5.32 Å². The predicted octanol–water partition coefficient (Wildman–Crippen LogP) is 2.12. The van der Waals surface area contributed by atoms with Gasteiger partial charge in [0.25, 0.3) is 5.91 Å². The molecule has 1 N–H and O–H groups in total. The third-order valence-electron chi connectivity index (χ3n) is 2.42. The molecular formula is C13H9ClN4O. The number of hydrogen-bond acceptors (Lipinski definition) is 4. The van der Waals surface area contributed by atoms with Crippen molar-refractivity contribution in [3.05, 3.63) is 59.1 Å². The number of benzene rings is 1. The van der Waals surface area contributed by atoms with Crippen molar-refractivity contribution < 1.29 is 4.79 Å². The number of carbonyl (C=O) groups excluding carboxylic acids is 1. The van der Waals surface area contributed by atoms with Gasteiger partial charge in [-0.05, 0) is 17.2 Å². The summed E-state index contributed by atoms with van der Waals surface area (Å²) < 4.78 is 0. The van der Waals surface area contributed by atoms with E-state index < -0.39 is 11.9 Å². The fourth-order valence-electron chi connectivity index (χ4n) is 1.48. The molecule has 0 aliphatic heterocycles. The first-order chi connectivity index (χ1) is 9.20. The number of aromatic nitrogens is 2. The highest BCUT2D eigenvalue weighted by Crippen LogP contribution is 2.12. The Labute approximate surface area is 114 Å². The Morgan fingerprint density at radius 1 is 1.26 bits per heavy atom. The van der Waals surface area contributed by atoms with Crippen LogP contribution in [0.15, 0.2) is 42.7 Å². The van der Waals surface area contributed by atoms with Crippen LogP contribution in [0.4, 0.5) is 0 Å². The number of rotatable bonds is 3. The Kier molecular flexibility index (Phi) is 4.06. The van der Waals surface area contributed by atoms with Crippen molar-refractivity contribution in [1.29, 1.82) is 5.26 Å². The second-order valence-corrected chi connectivity index (χ2v) is 4.03. The molecule has 94 valence electrons. The van der Waals surface area contributed by atoms with Crippen molar-refractivity contribution in [3.63, 3.8) is 0 Å². The van der Waals surface area contributed by atoms with Gasteiger partial charge in [-0.2, -0.15) is 5.26 Å². The van der Waals surface area contributed by atoms with E-state index in [1.54, 1.807) is 24.3 Å². The van der Waals surface area contributed by atoms with Crippen molar-refractivity contribution in [2.24, 2.45) is 0 Å². The summed E-state index contributed by atoms with van der Waals surface area (Å²) in [6, 6.07) is 10.3. The van der Waals surface area contributed by atoms with Crippen LogP contribution in [0, 0.1) is 11.3 Å². The molecule has 19 heavy (non-hydrogen) atoms. The molecule has 1 heterocycles. The van der Waals surface area contributed by atoms with Crippen molar-refractivity contribution in [2.75, 3.05) is 0 Å². The van der Waals surface area contributed by atoms with E-state index in [1.807, 2.05) is 12.1 Å². The van der Waals surface area contributed by atoms with Crippen LogP contribution >= 0.6 is 11.6 Å². The largest absolute Gasteiger partial charge is 0.332 e. The number of hydrogen-bond donors (Lipinski definition) is 1. The molecule has 0 aliphatic carbocycles. The minimum absolute atomic E-state index is 0.0662. The lowest BCUT2D eigenvalue weighted by atomic mass is 10.1.